The SMILES string of the molecule is COCC1(c2ccc(C3(N=C=O)CCCC3)cc2)CC1. The minimum Gasteiger partial charge on any atom is -0.384 e. The third kappa shape index (κ3) is 2.21. The van der Waals surface area contributed by atoms with Gasteiger partial charge in [-0.3, -0.25) is 0 Å². The molecule has 0 bridgehead atoms. The molecule has 0 N–H and O–H groups in total. The lowest BCUT2D eigenvalue weighted by atomic mass is 9.86. The van der Waals surface area contributed by atoms with Crippen LogP contribution >= 0.6 is 0 Å². The van der Waals surface area contributed by atoms with Crippen molar-refractivity contribution < 1.29 is 9.53 Å². The molecule has 2 fully saturated rings. The van der Waals surface area contributed by atoms with Gasteiger partial charge in [-0.15, -0.1) is 0 Å². The Labute approximate surface area is 120 Å². The van der Waals surface area contributed by atoms with E-state index >= 15 is 0 Å². The molecule has 1 aromatic carbocycles. The highest BCUT2D eigenvalue weighted by Crippen LogP contribution is 2.49. The van der Waals surface area contributed by atoms with Gasteiger partial charge >= 0.3 is 0 Å². The lowest BCUT2D eigenvalue weighted by Gasteiger charge is -2.24. The first-order valence-electron chi connectivity index (χ1n) is 7.44. The lowest BCUT2D eigenvalue weighted by Crippen LogP contribution is -2.20. The summed E-state index contributed by atoms with van der Waals surface area (Å²) in [6, 6.07) is 8.69. The zero-order valence-corrected chi connectivity index (χ0v) is 12.0. The molecule has 3 rings (SSSR count). The third-order valence-corrected chi connectivity index (χ3v) is 5.00. The summed E-state index contributed by atoms with van der Waals surface area (Å²) in [5.74, 6) is 0. The predicted octanol–water partition coefficient (Wildman–Crippen LogP) is 3.47. The van der Waals surface area contributed by atoms with Crippen molar-refractivity contribution in [2.45, 2.75) is 49.5 Å². The number of nitrogens with zero attached hydrogens (tertiary/aromatic N) is 1. The van der Waals surface area contributed by atoms with E-state index in [1.165, 1.54) is 18.4 Å². The van der Waals surface area contributed by atoms with Gasteiger partial charge in [0.05, 0.1) is 12.1 Å². The van der Waals surface area contributed by atoms with Crippen LogP contribution in [-0.4, -0.2) is 19.8 Å². The van der Waals surface area contributed by atoms with Crippen LogP contribution in [0.1, 0.15) is 49.7 Å². The Morgan fingerprint density at radius 3 is 2.20 bits per heavy atom. The minimum absolute atomic E-state index is 0.240. The number of benzene rings is 1. The largest absolute Gasteiger partial charge is 0.384 e. The van der Waals surface area contributed by atoms with Crippen LogP contribution in [0.3, 0.4) is 0 Å². The number of aliphatic imine (C=N–C) groups is 1. The second kappa shape index (κ2) is 5.16. The lowest BCUT2D eigenvalue weighted by molar-refractivity contribution is 0.171. The fourth-order valence-corrected chi connectivity index (χ4v) is 3.59. The molecule has 0 unspecified atom stereocenters. The van der Waals surface area contributed by atoms with E-state index in [9.17, 15) is 4.79 Å². The van der Waals surface area contributed by atoms with Crippen molar-refractivity contribution in [3.8, 4) is 0 Å². The average Bonchev–Trinajstić information content (AvgIpc) is 3.10. The number of methoxy groups -OCH3 is 1. The highest BCUT2D eigenvalue weighted by atomic mass is 16.5. The van der Waals surface area contributed by atoms with Crippen LogP contribution in [0.4, 0.5) is 0 Å². The van der Waals surface area contributed by atoms with Gasteiger partial charge in [0.2, 0.25) is 6.08 Å². The fraction of sp³-hybridized carbons (Fsp3) is 0.588. The van der Waals surface area contributed by atoms with Gasteiger partial charge in [-0.1, -0.05) is 37.1 Å². The van der Waals surface area contributed by atoms with E-state index in [4.69, 9.17) is 4.74 Å². The van der Waals surface area contributed by atoms with Gasteiger partial charge in [-0.25, -0.2) is 4.79 Å². The average molecular weight is 271 g/mol. The van der Waals surface area contributed by atoms with E-state index in [-0.39, 0.29) is 11.0 Å². The zero-order chi connectivity index (χ0) is 14.1. The molecule has 2 saturated carbocycles. The molecule has 1 aromatic rings. The molecule has 0 radical (unpaired) electrons. The smallest absolute Gasteiger partial charge is 0.235 e. The number of ether oxygens (including phenoxy) is 1. The Kier molecular flexibility index (Phi) is 3.49. The quantitative estimate of drug-likeness (QED) is 0.607. The predicted molar refractivity (Wildman–Crippen MR) is 77.5 cm³/mol. The van der Waals surface area contributed by atoms with Crippen LogP contribution in [0.2, 0.25) is 0 Å². The number of isocyanates is 1. The highest BCUT2D eigenvalue weighted by Gasteiger charge is 2.44. The molecular weight excluding hydrogens is 250 g/mol. The summed E-state index contributed by atoms with van der Waals surface area (Å²) in [6.45, 7) is 0.796. The van der Waals surface area contributed by atoms with Gasteiger partial charge in [0.25, 0.3) is 0 Å². The van der Waals surface area contributed by atoms with E-state index in [1.807, 2.05) is 0 Å². The molecule has 0 aromatic heterocycles. The summed E-state index contributed by atoms with van der Waals surface area (Å²) in [6.07, 6.45) is 8.40. The first-order chi connectivity index (χ1) is 9.75. The molecule has 0 spiro atoms. The molecule has 20 heavy (non-hydrogen) atoms. The van der Waals surface area contributed by atoms with Crippen LogP contribution in [0.15, 0.2) is 29.3 Å². The van der Waals surface area contributed by atoms with Crippen LogP contribution < -0.4 is 0 Å². The Balaban J connectivity index is 1.87. The molecule has 0 saturated heterocycles. The summed E-state index contributed by atoms with van der Waals surface area (Å²) in [5.41, 5.74) is 2.45. The Morgan fingerprint density at radius 2 is 1.70 bits per heavy atom. The first kappa shape index (κ1) is 13.5. The topological polar surface area (TPSA) is 38.7 Å². The summed E-state index contributed by atoms with van der Waals surface area (Å²) in [7, 11) is 1.76. The monoisotopic (exact) mass is 271 g/mol. The first-order valence-corrected chi connectivity index (χ1v) is 7.44. The minimum atomic E-state index is -0.307. The fourth-order valence-electron chi connectivity index (χ4n) is 3.59. The number of carbonyl (C=O) groups excluding carboxylic acids is 1. The van der Waals surface area contributed by atoms with Crippen LogP contribution in [-0.2, 0) is 20.5 Å². The summed E-state index contributed by atoms with van der Waals surface area (Å²) < 4.78 is 5.34. The highest BCUT2D eigenvalue weighted by molar-refractivity contribution is 5.41. The van der Waals surface area contributed by atoms with E-state index in [0.29, 0.717) is 0 Å². The normalized spacial score (nSPS) is 22.2. The van der Waals surface area contributed by atoms with Crippen LogP contribution in [0, 0.1) is 0 Å². The van der Waals surface area contributed by atoms with Crippen LogP contribution in [0.5, 0.6) is 0 Å². The molecule has 3 nitrogen and oxygen atoms in total. The van der Waals surface area contributed by atoms with Gasteiger partial charge in [-0.05, 0) is 36.8 Å². The summed E-state index contributed by atoms with van der Waals surface area (Å²) in [4.78, 5) is 14.9. The van der Waals surface area contributed by atoms with Gasteiger partial charge in [-0.2, -0.15) is 4.99 Å². The summed E-state index contributed by atoms with van der Waals surface area (Å²) >= 11 is 0. The maximum absolute atomic E-state index is 10.8. The van der Waals surface area contributed by atoms with Gasteiger partial charge in [0.1, 0.15) is 0 Å². The van der Waals surface area contributed by atoms with E-state index in [0.717, 1.165) is 37.9 Å². The molecular formula is C17H21NO2. The molecule has 106 valence electrons. The van der Waals surface area contributed by atoms with Crippen molar-refractivity contribution in [2.75, 3.05) is 13.7 Å². The van der Waals surface area contributed by atoms with Gasteiger partial charge < -0.3 is 4.74 Å². The van der Waals surface area contributed by atoms with Crippen molar-refractivity contribution in [1.82, 2.24) is 0 Å². The van der Waals surface area contributed by atoms with Crippen molar-refractivity contribution >= 4 is 6.08 Å². The molecule has 2 aliphatic carbocycles. The molecule has 2 aliphatic rings. The van der Waals surface area contributed by atoms with Gasteiger partial charge in [0, 0.05) is 12.5 Å². The number of rotatable bonds is 5. The molecule has 3 heteroatoms. The van der Waals surface area contributed by atoms with Crippen LogP contribution in [0.25, 0.3) is 0 Å². The zero-order valence-electron chi connectivity index (χ0n) is 12.0. The standard InChI is InChI=1S/C17H21NO2/c1-20-12-16(10-11-16)14-4-6-15(7-5-14)17(18-13-19)8-2-3-9-17/h4-7H,2-3,8-12H2,1H3. The van der Waals surface area contributed by atoms with Crippen molar-refractivity contribution in [3.63, 3.8) is 0 Å². The van der Waals surface area contributed by atoms with Crippen molar-refractivity contribution in [2.24, 2.45) is 4.99 Å². The second-order valence-corrected chi connectivity index (χ2v) is 6.23. The molecule has 0 heterocycles. The van der Waals surface area contributed by atoms with E-state index in [2.05, 4.69) is 29.3 Å². The molecule has 0 amide bonds. The molecule has 0 atom stereocenters. The summed E-state index contributed by atoms with van der Waals surface area (Å²) in [5, 5.41) is 0. The van der Waals surface area contributed by atoms with Crippen molar-refractivity contribution in [1.29, 1.82) is 0 Å². The number of hydrogen-bond acceptors (Lipinski definition) is 3. The van der Waals surface area contributed by atoms with Gasteiger partial charge in [0.15, 0.2) is 0 Å². The molecule has 0 aliphatic heterocycles. The Bertz CT molecular complexity index is 518. The number of hydrogen-bond donors (Lipinski definition) is 0. The maximum Gasteiger partial charge on any atom is 0.235 e. The Morgan fingerprint density at radius 1 is 1.10 bits per heavy atom. The second-order valence-electron chi connectivity index (χ2n) is 6.23. The third-order valence-electron chi connectivity index (χ3n) is 5.00. The van der Waals surface area contributed by atoms with E-state index < -0.39 is 0 Å². The van der Waals surface area contributed by atoms with E-state index in [1.54, 1.807) is 13.2 Å². The Hall–Kier alpha value is -1.44. The maximum atomic E-state index is 10.8. The van der Waals surface area contributed by atoms with Crippen molar-refractivity contribution in [3.05, 3.63) is 35.4 Å².